The van der Waals surface area contributed by atoms with Crippen LogP contribution in [-0.4, -0.2) is 42.2 Å². The van der Waals surface area contributed by atoms with Gasteiger partial charge in [-0.2, -0.15) is 0 Å². The average molecular weight is 321 g/mol. The summed E-state index contributed by atoms with van der Waals surface area (Å²) in [5.74, 6) is 0.429. The Hall–Kier alpha value is -1.49. The zero-order chi connectivity index (χ0) is 15.9. The van der Waals surface area contributed by atoms with E-state index in [9.17, 15) is 9.59 Å². The first-order valence-corrected chi connectivity index (χ1v) is 8.72. The fourth-order valence-corrected chi connectivity index (χ4v) is 3.30. The van der Waals surface area contributed by atoms with Gasteiger partial charge in [0.1, 0.15) is 0 Å². The number of rotatable bonds is 5. The van der Waals surface area contributed by atoms with Crippen molar-refractivity contribution in [2.24, 2.45) is 5.92 Å². The van der Waals surface area contributed by atoms with Crippen molar-refractivity contribution in [3.8, 4) is 0 Å². The molecule has 2 rings (SSSR count). The largest absolute Gasteiger partial charge is 0.466 e. The van der Waals surface area contributed by atoms with E-state index in [2.05, 4.69) is 12.1 Å². The van der Waals surface area contributed by atoms with E-state index >= 15 is 0 Å². The van der Waals surface area contributed by atoms with E-state index in [1.807, 2.05) is 30.9 Å². The number of likely N-dealkylation sites (tertiary alicyclic amines) is 1. The van der Waals surface area contributed by atoms with Gasteiger partial charge in [0.15, 0.2) is 0 Å². The molecule has 22 heavy (non-hydrogen) atoms. The number of hydrogen-bond acceptors (Lipinski definition) is 4. The van der Waals surface area contributed by atoms with Gasteiger partial charge in [0.05, 0.1) is 18.3 Å². The van der Waals surface area contributed by atoms with Crippen LogP contribution in [0.1, 0.15) is 25.3 Å². The van der Waals surface area contributed by atoms with Crippen molar-refractivity contribution in [2.75, 3.05) is 25.4 Å². The smallest absolute Gasteiger partial charge is 0.309 e. The van der Waals surface area contributed by atoms with Crippen molar-refractivity contribution in [1.29, 1.82) is 0 Å². The molecule has 1 aliphatic rings. The highest BCUT2D eigenvalue weighted by Crippen LogP contribution is 2.22. The summed E-state index contributed by atoms with van der Waals surface area (Å²) in [5.41, 5.74) is 1.22. The summed E-state index contributed by atoms with van der Waals surface area (Å²) in [4.78, 5) is 26.9. The lowest BCUT2D eigenvalue weighted by molar-refractivity contribution is -0.151. The van der Waals surface area contributed by atoms with Gasteiger partial charge in [-0.1, -0.05) is 17.7 Å². The van der Waals surface area contributed by atoms with Crippen LogP contribution in [0.25, 0.3) is 0 Å². The van der Waals surface area contributed by atoms with E-state index in [-0.39, 0.29) is 17.8 Å². The number of carbonyl (C=O) groups is 2. The van der Waals surface area contributed by atoms with Crippen molar-refractivity contribution in [3.05, 3.63) is 29.8 Å². The number of piperidine rings is 1. The summed E-state index contributed by atoms with van der Waals surface area (Å²) in [7, 11) is 0. The molecule has 0 N–H and O–H groups in total. The van der Waals surface area contributed by atoms with Crippen LogP contribution >= 0.6 is 11.8 Å². The molecule has 1 aromatic carbocycles. The molecule has 0 unspecified atom stereocenters. The first-order chi connectivity index (χ1) is 10.6. The number of benzene rings is 1. The summed E-state index contributed by atoms with van der Waals surface area (Å²) < 4.78 is 5.05. The molecule has 0 spiro atoms. The second kappa shape index (κ2) is 8.22. The zero-order valence-electron chi connectivity index (χ0n) is 13.2. The highest BCUT2D eigenvalue weighted by Gasteiger charge is 2.27. The van der Waals surface area contributed by atoms with Gasteiger partial charge in [-0.05, 0) is 38.8 Å². The molecule has 1 saturated heterocycles. The van der Waals surface area contributed by atoms with Gasteiger partial charge in [-0.3, -0.25) is 9.59 Å². The van der Waals surface area contributed by atoms with Crippen LogP contribution in [0.4, 0.5) is 0 Å². The lowest BCUT2D eigenvalue weighted by atomic mass is 9.97. The number of amides is 1. The molecule has 1 fully saturated rings. The normalized spacial score (nSPS) is 15.6. The topological polar surface area (TPSA) is 46.6 Å². The van der Waals surface area contributed by atoms with Crippen molar-refractivity contribution in [2.45, 2.75) is 31.6 Å². The summed E-state index contributed by atoms with van der Waals surface area (Å²) in [6.07, 6.45) is 1.42. The maximum Gasteiger partial charge on any atom is 0.309 e. The Bertz CT molecular complexity index is 507. The number of hydrogen-bond donors (Lipinski definition) is 0. The molecule has 0 aliphatic carbocycles. The van der Waals surface area contributed by atoms with Crippen LogP contribution < -0.4 is 0 Å². The summed E-state index contributed by atoms with van der Waals surface area (Å²) in [6, 6.07) is 8.19. The fourth-order valence-electron chi connectivity index (χ4n) is 2.50. The number of aryl methyl sites for hydroxylation is 1. The van der Waals surface area contributed by atoms with E-state index in [4.69, 9.17) is 4.74 Å². The van der Waals surface area contributed by atoms with Crippen LogP contribution in [0.15, 0.2) is 29.2 Å². The quantitative estimate of drug-likeness (QED) is 0.618. The number of carbonyl (C=O) groups excluding carboxylic acids is 2. The molecular formula is C17H23NO3S. The molecule has 1 amide bonds. The van der Waals surface area contributed by atoms with Gasteiger partial charge in [-0.15, -0.1) is 11.8 Å². The van der Waals surface area contributed by atoms with Crippen LogP contribution in [0.5, 0.6) is 0 Å². The highest BCUT2D eigenvalue weighted by atomic mass is 32.2. The SMILES string of the molecule is CCOC(=O)C1CCN(C(=O)CSc2ccc(C)cc2)CC1. The highest BCUT2D eigenvalue weighted by molar-refractivity contribution is 8.00. The minimum absolute atomic E-state index is 0.0475. The van der Waals surface area contributed by atoms with Crippen LogP contribution in [0, 0.1) is 12.8 Å². The van der Waals surface area contributed by atoms with Gasteiger partial charge in [0.2, 0.25) is 5.91 Å². The van der Waals surface area contributed by atoms with Gasteiger partial charge in [0, 0.05) is 18.0 Å². The van der Waals surface area contributed by atoms with E-state index in [0.29, 0.717) is 38.3 Å². The van der Waals surface area contributed by atoms with Gasteiger partial charge in [-0.25, -0.2) is 0 Å². The van der Waals surface area contributed by atoms with E-state index in [1.54, 1.807) is 11.8 Å². The maximum absolute atomic E-state index is 12.2. The van der Waals surface area contributed by atoms with Crippen molar-refractivity contribution in [3.63, 3.8) is 0 Å². The molecule has 1 heterocycles. The molecule has 0 atom stereocenters. The molecular weight excluding hydrogens is 298 g/mol. The standard InChI is InChI=1S/C17H23NO3S/c1-3-21-17(20)14-8-10-18(11-9-14)16(19)12-22-15-6-4-13(2)5-7-15/h4-7,14H,3,8-12H2,1-2H3. The first kappa shape index (κ1) is 16.9. The Morgan fingerprint density at radius 3 is 2.45 bits per heavy atom. The Balaban J connectivity index is 1.75. The van der Waals surface area contributed by atoms with Crippen LogP contribution in [-0.2, 0) is 14.3 Å². The van der Waals surface area contributed by atoms with Crippen LogP contribution in [0.3, 0.4) is 0 Å². The Morgan fingerprint density at radius 2 is 1.86 bits per heavy atom. The predicted octanol–water partition coefficient (Wildman–Crippen LogP) is 2.89. The number of ether oxygens (including phenoxy) is 1. The van der Waals surface area contributed by atoms with Crippen molar-refractivity contribution in [1.82, 2.24) is 4.90 Å². The molecule has 0 saturated carbocycles. The predicted molar refractivity (Wildman–Crippen MR) is 87.8 cm³/mol. The van der Waals surface area contributed by atoms with Gasteiger partial charge in [0.25, 0.3) is 0 Å². The minimum atomic E-state index is -0.122. The molecule has 0 bridgehead atoms. The second-order valence-electron chi connectivity index (χ2n) is 5.51. The molecule has 120 valence electrons. The fraction of sp³-hybridized carbons (Fsp3) is 0.529. The van der Waals surface area contributed by atoms with Crippen molar-refractivity contribution >= 4 is 23.6 Å². The molecule has 1 aromatic rings. The molecule has 0 radical (unpaired) electrons. The Labute approximate surface area is 136 Å². The van der Waals surface area contributed by atoms with E-state index < -0.39 is 0 Å². The Kier molecular flexibility index (Phi) is 6.31. The van der Waals surface area contributed by atoms with Crippen molar-refractivity contribution < 1.29 is 14.3 Å². The summed E-state index contributed by atoms with van der Waals surface area (Å²) >= 11 is 1.56. The Morgan fingerprint density at radius 1 is 1.23 bits per heavy atom. The third-order valence-corrected chi connectivity index (χ3v) is 4.85. The van der Waals surface area contributed by atoms with Crippen LogP contribution in [0.2, 0.25) is 0 Å². The molecule has 1 aliphatic heterocycles. The van der Waals surface area contributed by atoms with E-state index in [1.165, 1.54) is 5.56 Å². The third-order valence-electron chi connectivity index (χ3n) is 3.85. The van der Waals surface area contributed by atoms with E-state index in [0.717, 1.165) is 4.90 Å². The lowest BCUT2D eigenvalue weighted by Gasteiger charge is -2.30. The third kappa shape index (κ3) is 4.77. The lowest BCUT2D eigenvalue weighted by Crippen LogP contribution is -2.41. The number of thioether (sulfide) groups is 1. The summed E-state index contributed by atoms with van der Waals surface area (Å²) in [5, 5.41) is 0. The average Bonchev–Trinajstić information content (AvgIpc) is 2.54. The first-order valence-electron chi connectivity index (χ1n) is 7.74. The number of esters is 1. The summed E-state index contributed by atoms with van der Waals surface area (Å²) in [6.45, 7) is 5.59. The van der Waals surface area contributed by atoms with Gasteiger partial charge >= 0.3 is 5.97 Å². The second-order valence-corrected chi connectivity index (χ2v) is 6.56. The monoisotopic (exact) mass is 321 g/mol. The molecule has 5 heteroatoms. The number of nitrogens with zero attached hydrogens (tertiary/aromatic N) is 1. The zero-order valence-corrected chi connectivity index (χ0v) is 14.0. The molecule has 4 nitrogen and oxygen atoms in total. The molecule has 0 aromatic heterocycles. The van der Waals surface area contributed by atoms with Gasteiger partial charge < -0.3 is 9.64 Å². The minimum Gasteiger partial charge on any atom is -0.466 e. The maximum atomic E-state index is 12.2.